The van der Waals surface area contributed by atoms with Crippen molar-refractivity contribution in [2.45, 2.75) is 20.3 Å². The summed E-state index contributed by atoms with van der Waals surface area (Å²) in [5.74, 6) is -0.286. The third-order valence-electron chi connectivity index (χ3n) is 4.10. The molecule has 2 aromatic carbocycles. The van der Waals surface area contributed by atoms with Crippen molar-refractivity contribution >= 4 is 11.6 Å². The van der Waals surface area contributed by atoms with E-state index in [1.54, 1.807) is 37.3 Å². The zero-order valence-corrected chi connectivity index (χ0v) is 14.7. The van der Waals surface area contributed by atoms with Crippen LogP contribution in [0.5, 0.6) is 5.75 Å². The smallest absolute Gasteiger partial charge is 0.289 e. The molecule has 0 unspecified atom stereocenters. The SMILES string of the molecule is CCc1ccc(-c2cc(C(=O)NN=C(C)c3ccccc3O)[nH]n2)cc1. The fraction of sp³-hybridized carbons (Fsp3) is 0.150. The van der Waals surface area contributed by atoms with E-state index in [0.29, 0.717) is 22.7 Å². The zero-order chi connectivity index (χ0) is 18.5. The molecular weight excluding hydrogens is 328 g/mol. The molecule has 3 N–H and O–H groups in total. The van der Waals surface area contributed by atoms with Crippen molar-refractivity contribution in [3.05, 3.63) is 71.4 Å². The van der Waals surface area contributed by atoms with Crippen LogP contribution >= 0.6 is 0 Å². The van der Waals surface area contributed by atoms with Gasteiger partial charge in [0, 0.05) is 11.1 Å². The van der Waals surface area contributed by atoms with Gasteiger partial charge in [0.1, 0.15) is 11.4 Å². The summed E-state index contributed by atoms with van der Waals surface area (Å²) in [5.41, 5.74) is 6.73. The Labute approximate surface area is 151 Å². The summed E-state index contributed by atoms with van der Waals surface area (Å²) in [4.78, 5) is 12.3. The Balaban J connectivity index is 1.72. The second-order valence-electron chi connectivity index (χ2n) is 5.87. The van der Waals surface area contributed by atoms with Gasteiger partial charge in [-0.3, -0.25) is 9.89 Å². The first-order valence-corrected chi connectivity index (χ1v) is 8.36. The molecule has 1 amide bonds. The van der Waals surface area contributed by atoms with E-state index in [4.69, 9.17) is 0 Å². The molecule has 0 bridgehead atoms. The molecule has 0 fully saturated rings. The van der Waals surface area contributed by atoms with Crippen LogP contribution in [0.2, 0.25) is 0 Å². The van der Waals surface area contributed by atoms with Crippen molar-refractivity contribution in [3.63, 3.8) is 0 Å². The molecular formula is C20H20N4O2. The molecule has 1 heterocycles. The van der Waals surface area contributed by atoms with Crippen LogP contribution in [-0.2, 0) is 6.42 Å². The van der Waals surface area contributed by atoms with Gasteiger partial charge in [0.2, 0.25) is 0 Å². The number of para-hydroxylation sites is 1. The fourth-order valence-corrected chi connectivity index (χ4v) is 2.53. The molecule has 1 aromatic heterocycles. The Kier molecular flexibility index (Phi) is 5.12. The molecule has 3 rings (SSSR count). The Hall–Kier alpha value is -3.41. The van der Waals surface area contributed by atoms with Gasteiger partial charge in [0.15, 0.2) is 0 Å². The van der Waals surface area contributed by atoms with Crippen LogP contribution < -0.4 is 5.43 Å². The van der Waals surface area contributed by atoms with E-state index in [1.807, 2.05) is 24.3 Å². The van der Waals surface area contributed by atoms with Crippen molar-refractivity contribution in [2.75, 3.05) is 0 Å². The lowest BCUT2D eigenvalue weighted by atomic mass is 10.1. The van der Waals surface area contributed by atoms with E-state index < -0.39 is 5.91 Å². The van der Waals surface area contributed by atoms with Gasteiger partial charge in [-0.05, 0) is 37.1 Å². The number of nitrogens with one attached hydrogen (secondary N) is 2. The molecule has 3 aromatic rings. The summed E-state index contributed by atoms with van der Waals surface area (Å²) >= 11 is 0. The quantitative estimate of drug-likeness (QED) is 0.487. The summed E-state index contributed by atoms with van der Waals surface area (Å²) in [5, 5.41) is 20.8. The monoisotopic (exact) mass is 348 g/mol. The molecule has 6 heteroatoms. The van der Waals surface area contributed by atoms with Gasteiger partial charge in [0.05, 0.1) is 11.4 Å². The number of aryl methyl sites for hydroxylation is 1. The highest BCUT2D eigenvalue weighted by molar-refractivity contribution is 6.02. The number of hydrogen-bond donors (Lipinski definition) is 3. The Morgan fingerprint density at radius 2 is 1.92 bits per heavy atom. The average Bonchev–Trinajstić information content (AvgIpc) is 3.16. The minimum absolute atomic E-state index is 0.113. The fourth-order valence-electron chi connectivity index (χ4n) is 2.53. The first-order valence-electron chi connectivity index (χ1n) is 8.36. The highest BCUT2D eigenvalue weighted by atomic mass is 16.3. The number of carbonyl (C=O) groups excluding carboxylic acids is 1. The second kappa shape index (κ2) is 7.65. The number of aromatic amines is 1. The number of aromatic hydroxyl groups is 1. The predicted octanol–water partition coefficient (Wildman–Crippen LogP) is 3.50. The summed E-state index contributed by atoms with van der Waals surface area (Å²) in [6.07, 6.45) is 0.975. The Bertz CT molecular complexity index is 942. The molecule has 0 spiro atoms. The van der Waals surface area contributed by atoms with Crippen LogP contribution in [0.4, 0.5) is 0 Å². The van der Waals surface area contributed by atoms with E-state index in [-0.39, 0.29) is 5.75 Å². The van der Waals surface area contributed by atoms with E-state index in [9.17, 15) is 9.90 Å². The van der Waals surface area contributed by atoms with Crippen molar-refractivity contribution in [1.29, 1.82) is 0 Å². The van der Waals surface area contributed by atoms with Crippen LogP contribution in [0.15, 0.2) is 59.7 Å². The van der Waals surface area contributed by atoms with Gasteiger partial charge in [-0.15, -0.1) is 0 Å². The first-order chi connectivity index (χ1) is 12.6. The van der Waals surface area contributed by atoms with Crippen LogP contribution in [0.3, 0.4) is 0 Å². The van der Waals surface area contributed by atoms with Gasteiger partial charge in [-0.25, -0.2) is 5.43 Å². The number of rotatable bonds is 5. The first kappa shape index (κ1) is 17.4. The molecule has 0 saturated heterocycles. The molecule has 26 heavy (non-hydrogen) atoms. The van der Waals surface area contributed by atoms with E-state index in [0.717, 1.165) is 12.0 Å². The zero-order valence-electron chi connectivity index (χ0n) is 14.7. The van der Waals surface area contributed by atoms with E-state index in [2.05, 4.69) is 27.6 Å². The number of amides is 1. The van der Waals surface area contributed by atoms with Gasteiger partial charge in [0.25, 0.3) is 5.91 Å². The van der Waals surface area contributed by atoms with Crippen LogP contribution in [0.25, 0.3) is 11.3 Å². The van der Waals surface area contributed by atoms with Crippen LogP contribution in [0, 0.1) is 0 Å². The number of phenolic OH excluding ortho intramolecular Hbond substituents is 1. The van der Waals surface area contributed by atoms with Gasteiger partial charge in [-0.1, -0.05) is 43.3 Å². The summed E-state index contributed by atoms with van der Waals surface area (Å²) in [7, 11) is 0. The summed E-state index contributed by atoms with van der Waals surface area (Å²) in [6, 6.07) is 16.6. The van der Waals surface area contributed by atoms with Crippen molar-refractivity contribution in [1.82, 2.24) is 15.6 Å². The molecule has 6 nitrogen and oxygen atoms in total. The minimum atomic E-state index is -0.399. The molecule has 0 saturated carbocycles. The van der Waals surface area contributed by atoms with Crippen LogP contribution in [-0.4, -0.2) is 26.9 Å². The lowest BCUT2D eigenvalue weighted by Gasteiger charge is -2.03. The molecule has 132 valence electrons. The van der Waals surface area contributed by atoms with Gasteiger partial charge in [-0.2, -0.15) is 10.2 Å². The summed E-state index contributed by atoms with van der Waals surface area (Å²) < 4.78 is 0. The second-order valence-corrected chi connectivity index (χ2v) is 5.87. The number of hydrazone groups is 1. The van der Waals surface area contributed by atoms with E-state index >= 15 is 0 Å². The maximum Gasteiger partial charge on any atom is 0.289 e. The van der Waals surface area contributed by atoms with E-state index in [1.165, 1.54) is 5.56 Å². The maximum absolute atomic E-state index is 12.3. The topological polar surface area (TPSA) is 90.4 Å². The third kappa shape index (κ3) is 3.80. The number of nitrogens with zero attached hydrogens (tertiary/aromatic N) is 2. The number of benzene rings is 2. The van der Waals surface area contributed by atoms with Gasteiger partial charge < -0.3 is 5.11 Å². The maximum atomic E-state index is 12.3. The number of aromatic nitrogens is 2. The largest absolute Gasteiger partial charge is 0.507 e. The number of phenols is 1. The van der Waals surface area contributed by atoms with Crippen molar-refractivity contribution in [2.24, 2.45) is 5.10 Å². The number of H-pyrrole nitrogens is 1. The normalized spacial score (nSPS) is 11.4. The molecule has 0 atom stereocenters. The van der Waals surface area contributed by atoms with Crippen LogP contribution in [0.1, 0.15) is 35.5 Å². The summed E-state index contributed by atoms with van der Waals surface area (Å²) in [6.45, 7) is 3.81. The lowest BCUT2D eigenvalue weighted by Crippen LogP contribution is -2.19. The minimum Gasteiger partial charge on any atom is -0.507 e. The number of hydrogen-bond acceptors (Lipinski definition) is 4. The molecule has 0 aliphatic heterocycles. The standard InChI is InChI=1S/C20H20N4O2/c1-3-14-8-10-15(11-9-14)17-12-18(23-22-17)20(26)24-21-13(2)16-6-4-5-7-19(16)25/h4-12,25H,3H2,1-2H3,(H,22,23)(H,24,26). The third-order valence-corrected chi connectivity index (χ3v) is 4.10. The Morgan fingerprint density at radius 1 is 1.19 bits per heavy atom. The predicted molar refractivity (Wildman–Crippen MR) is 101 cm³/mol. The number of carbonyl (C=O) groups is 1. The highest BCUT2D eigenvalue weighted by Crippen LogP contribution is 2.19. The van der Waals surface area contributed by atoms with Crippen molar-refractivity contribution in [3.8, 4) is 17.0 Å². The Morgan fingerprint density at radius 3 is 2.62 bits per heavy atom. The van der Waals surface area contributed by atoms with Crippen molar-refractivity contribution < 1.29 is 9.90 Å². The van der Waals surface area contributed by atoms with Gasteiger partial charge >= 0.3 is 0 Å². The lowest BCUT2D eigenvalue weighted by molar-refractivity contribution is 0.0950. The molecule has 0 radical (unpaired) electrons. The average molecular weight is 348 g/mol. The highest BCUT2D eigenvalue weighted by Gasteiger charge is 2.11. The molecule has 0 aliphatic rings. The molecule has 0 aliphatic carbocycles.